The molecule has 0 unspecified atom stereocenters. The van der Waals surface area contributed by atoms with E-state index in [1.807, 2.05) is 91.9 Å². The number of sulfone groups is 1. The van der Waals surface area contributed by atoms with Crippen LogP contribution in [0.2, 0.25) is 0 Å². The Bertz CT molecular complexity index is 3550. The van der Waals surface area contributed by atoms with Gasteiger partial charge in [-0.2, -0.15) is 18.9 Å². The van der Waals surface area contributed by atoms with Crippen LogP contribution in [0.3, 0.4) is 0 Å². The standard InChI is InChI=1S/C52H36N2O13S4/c1-33-5-3-6-46(44(33)31-53)62-36-13-9-34(10-14-36)35-11-15-37(16-12-35)63-47-7-4-8-48(45(47)32-54)64-38-17-21-40(22-18-38)68-41-23-19-39(20-24-41)65-49-27-25-42(29-51(49)69-67-66-55)70(56,57)43-26-28-50(61-2)52(30-43)71(58,59)60/h3-30,55H,1-2H3,(H,58,59,60). The molecule has 0 saturated heterocycles. The van der Waals surface area contributed by atoms with E-state index >= 15 is 0 Å². The van der Waals surface area contributed by atoms with Gasteiger partial charge in [0.05, 0.1) is 39.4 Å². The predicted molar refractivity (Wildman–Crippen MR) is 262 cm³/mol. The normalized spacial score (nSPS) is 11.2. The molecule has 0 saturated carbocycles. The van der Waals surface area contributed by atoms with Crippen LogP contribution >= 0.6 is 23.8 Å². The van der Waals surface area contributed by atoms with E-state index in [0.717, 1.165) is 44.7 Å². The van der Waals surface area contributed by atoms with Gasteiger partial charge in [0.15, 0.2) is 0 Å². The Hall–Kier alpha value is -7.82. The first kappa shape index (κ1) is 49.6. The maximum Gasteiger partial charge on any atom is 0.298 e. The second kappa shape index (κ2) is 21.9. The second-order valence-corrected chi connectivity index (χ2v) is 20.2. The van der Waals surface area contributed by atoms with Crippen molar-refractivity contribution < 1.29 is 59.7 Å². The molecule has 0 aliphatic heterocycles. The highest BCUT2D eigenvalue weighted by Crippen LogP contribution is 2.40. The summed E-state index contributed by atoms with van der Waals surface area (Å²) >= 11 is 1.91. The van der Waals surface area contributed by atoms with E-state index in [4.69, 9.17) is 28.9 Å². The Kier molecular flexibility index (Phi) is 15.3. The molecular formula is C52H36N2O13S4. The van der Waals surface area contributed by atoms with E-state index < -0.39 is 29.7 Å². The van der Waals surface area contributed by atoms with Crippen molar-refractivity contribution in [2.24, 2.45) is 0 Å². The summed E-state index contributed by atoms with van der Waals surface area (Å²) in [5, 5.41) is 32.3. The smallest absolute Gasteiger partial charge is 0.298 e. The summed E-state index contributed by atoms with van der Waals surface area (Å²) in [7, 11) is -8.03. The monoisotopic (exact) mass is 1020 g/mol. The van der Waals surface area contributed by atoms with Crippen LogP contribution in [0.1, 0.15) is 16.7 Å². The molecule has 0 fully saturated rings. The van der Waals surface area contributed by atoms with E-state index in [-0.39, 0.29) is 26.9 Å². The summed E-state index contributed by atoms with van der Waals surface area (Å²) in [6.45, 7) is 1.87. The number of aryl methyl sites for hydroxylation is 1. The molecule has 0 bridgehead atoms. The number of nitrogens with zero attached hydrogens (tertiary/aromatic N) is 2. The van der Waals surface area contributed by atoms with Gasteiger partial charge in [-0.25, -0.2) is 13.7 Å². The van der Waals surface area contributed by atoms with Crippen molar-refractivity contribution in [1.29, 1.82) is 10.5 Å². The lowest BCUT2D eigenvalue weighted by Gasteiger charge is -2.13. The van der Waals surface area contributed by atoms with E-state index in [9.17, 15) is 31.9 Å². The molecule has 356 valence electrons. The number of rotatable bonds is 18. The number of ether oxygens (including phenoxy) is 5. The number of hydrogen-bond acceptors (Lipinski definition) is 16. The molecule has 0 atom stereocenters. The third-order valence-corrected chi connectivity index (χ3v) is 14.7. The van der Waals surface area contributed by atoms with Gasteiger partial charge in [0.1, 0.15) is 74.3 Å². The molecule has 8 aromatic rings. The van der Waals surface area contributed by atoms with Crippen LogP contribution in [0.25, 0.3) is 11.1 Å². The van der Waals surface area contributed by atoms with Gasteiger partial charge in [-0.15, -0.1) is 4.33 Å². The zero-order valence-electron chi connectivity index (χ0n) is 37.1. The van der Waals surface area contributed by atoms with E-state index in [1.165, 1.54) is 37.1 Å². The fraction of sp³-hybridized carbons (Fsp3) is 0.0385. The highest BCUT2D eigenvalue weighted by molar-refractivity contribution is 7.99. The van der Waals surface area contributed by atoms with Gasteiger partial charge in [-0.3, -0.25) is 4.55 Å². The number of hydrogen-bond donors (Lipinski definition) is 2. The largest absolute Gasteiger partial charge is 0.495 e. The highest BCUT2D eigenvalue weighted by atomic mass is 32.2. The molecule has 0 radical (unpaired) electrons. The van der Waals surface area contributed by atoms with Gasteiger partial charge in [-0.05, 0) is 151 Å². The molecule has 2 N–H and O–H groups in total. The Morgan fingerprint density at radius 1 is 0.521 bits per heavy atom. The Morgan fingerprint density at radius 3 is 1.42 bits per heavy atom. The van der Waals surface area contributed by atoms with Gasteiger partial charge in [0.25, 0.3) is 10.1 Å². The molecule has 15 nitrogen and oxygen atoms in total. The summed E-state index contributed by atoms with van der Waals surface area (Å²) in [6, 6.07) is 51.1. The first-order valence-electron chi connectivity index (χ1n) is 20.8. The Morgan fingerprint density at radius 2 is 0.958 bits per heavy atom. The average Bonchev–Trinajstić information content (AvgIpc) is 3.37. The van der Waals surface area contributed by atoms with Gasteiger partial charge in [0, 0.05) is 9.79 Å². The molecule has 0 heterocycles. The van der Waals surface area contributed by atoms with E-state index in [0.29, 0.717) is 57.9 Å². The molecule has 0 aliphatic carbocycles. The zero-order chi connectivity index (χ0) is 50.1. The lowest BCUT2D eigenvalue weighted by Crippen LogP contribution is -2.07. The van der Waals surface area contributed by atoms with Crippen LogP contribution in [0.5, 0.6) is 51.7 Å². The first-order chi connectivity index (χ1) is 34.3. The summed E-state index contributed by atoms with van der Waals surface area (Å²) < 4.78 is 94.5. The Balaban J connectivity index is 0.887. The lowest BCUT2D eigenvalue weighted by atomic mass is 10.1. The van der Waals surface area contributed by atoms with Gasteiger partial charge in [0.2, 0.25) is 9.84 Å². The highest BCUT2D eigenvalue weighted by Gasteiger charge is 2.26. The van der Waals surface area contributed by atoms with Crippen LogP contribution in [0.4, 0.5) is 0 Å². The topological polar surface area (TPSA) is 221 Å². The van der Waals surface area contributed by atoms with E-state index in [1.54, 1.807) is 48.5 Å². The molecule has 0 amide bonds. The average molecular weight is 1030 g/mol. The quantitative estimate of drug-likeness (QED) is 0.0353. The molecule has 0 aliphatic rings. The summed E-state index contributed by atoms with van der Waals surface area (Å²) in [5.41, 5.74) is 3.43. The van der Waals surface area contributed by atoms with Crippen molar-refractivity contribution in [1.82, 2.24) is 0 Å². The minimum atomic E-state index is -4.83. The number of methoxy groups -OCH3 is 1. The SMILES string of the molecule is COc1ccc(S(=O)(=O)c2ccc(Oc3ccc(Sc4ccc(Oc5cccc(Oc6ccc(-c7ccc(Oc8cccc(C)c8C#N)cc7)cc6)c5C#N)cc4)cc3)c(SOOO)c2)cc1S(=O)(=O)O. The van der Waals surface area contributed by atoms with Crippen LogP contribution in [0.15, 0.2) is 199 Å². The third kappa shape index (κ3) is 11.8. The predicted octanol–water partition coefficient (Wildman–Crippen LogP) is 13.2. The minimum Gasteiger partial charge on any atom is -0.495 e. The third-order valence-electron chi connectivity index (χ3n) is 10.4. The van der Waals surface area contributed by atoms with Crippen LogP contribution in [-0.2, 0) is 29.3 Å². The van der Waals surface area contributed by atoms with Gasteiger partial charge < -0.3 is 23.7 Å². The molecule has 8 aromatic carbocycles. The van der Waals surface area contributed by atoms with Gasteiger partial charge in [-0.1, -0.05) is 59.3 Å². The van der Waals surface area contributed by atoms with Crippen molar-refractivity contribution in [3.63, 3.8) is 0 Å². The maximum atomic E-state index is 13.6. The number of nitriles is 2. The van der Waals surface area contributed by atoms with E-state index in [2.05, 4.69) is 21.5 Å². The van der Waals surface area contributed by atoms with Crippen molar-refractivity contribution in [3.05, 3.63) is 187 Å². The first-order valence-corrected chi connectivity index (χ1v) is 25.3. The van der Waals surface area contributed by atoms with Gasteiger partial charge >= 0.3 is 0 Å². The lowest BCUT2D eigenvalue weighted by molar-refractivity contribution is -0.432. The van der Waals surface area contributed by atoms with Crippen molar-refractivity contribution in [2.75, 3.05) is 7.11 Å². The minimum absolute atomic E-state index is 0.0686. The fourth-order valence-corrected chi connectivity index (χ4v) is 10.3. The van der Waals surface area contributed by atoms with Crippen LogP contribution < -0.4 is 23.7 Å². The maximum absolute atomic E-state index is 13.6. The zero-order valence-corrected chi connectivity index (χ0v) is 40.3. The fourth-order valence-electron chi connectivity index (χ4n) is 6.91. The second-order valence-electron chi connectivity index (χ2n) is 14.9. The molecule has 0 spiro atoms. The molecule has 19 heteroatoms. The molecule has 71 heavy (non-hydrogen) atoms. The van der Waals surface area contributed by atoms with Crippen LogP contribution in [0, 0.1) is 29.6 Å². The van der Waals surface area contributed by atoms with Crippen molar-refractivity contribution >= 4 is 43.8 Å². The molecule has 8 rings (SSSR count). The molecular weight excluding hydrogens is 989 g/mol. The summed E-state index contributed by atoms with van der Waals surface area (Å²) in [5.74, 6) is 3.00. The number of benzene rings is 8. The summed E-state index contributed by atoms with van der Waals surface area (Å²) in [4.78, 5) is 0.328. The van der Waals surface area contributed by atoms with Crippen LogP contribution in [-0.4, -0.2) is 33.8 Å². The summed E-state index contributed by atoms with van der Waals surface area (Å²) in [6.07, 6.45) is 0. The molecule has 0 aromatic heterocycles. The van der Waals surface area contributed by atoms with Crippen molar-refractivity contribution in [3.8, 4) is 75.0 Å². The Labute approximate surface area is 416 Å². The van der Waals surface area contributed by atoms with Crippen molar-refractivity contribution in [2.45, 2.75) is 36.3 Å².